The van der Waals surface area contributed by atoms with Gasteiger partial charge in [-0.2, -0.15) is 5.10 Å². The maximum atomic E-state index is 12.9. The molecular formula is C17H24N6O. The van der Waals surface area contributed by atoms with Crippen molar-refractivity contribution in [2.24, 2.45) is 0 Å². The molecular weight excluding hydrogens is 304 g/mol. The molecule has 4 rings (SSSR count). The molecule has 7 heteroatoms. The molecule has 0 aliphatic carbocycles. The summed E-state index contributed by atoms with van der Waals surface area (Å²) >= 11 is 0. The molecule has 2 fully saturated rings. The van der Waals surface area contributed by atoms with Crippen molar-refractivity contribution >= 4 is 5.91 Å². The van der Waals surface area contributed by atoms with Crippen LogP contribution in [-0.4, -0.2) is 55.8 Å². The average molecular weight is 328 g/mol. The van der Waals surface area contributed by atoms with Crippen molar-refractivity contribution in [2.45, 2.75) is 44.3 Å². The minimum Gasteiger partial charge on any atom is -0.335 e. The van der Waals surface area contributed by atoms with Crippen molar-refractivity contribution < 1.29 is 4.79 Å². The second-order valence-corrected chi connectivity index (χ2v) is 6.74. The third kappa shape index (κ3) is 3.08. The number of likely N-dealkylation sites (tertiary alicyclic amines) is 1. The van der Waals surface area contributed by atoms with E-state index in [4.69, 9.17) is 0 Å². The number of nitrogens with one attached hydrogen (secondary N) is 1. The molecule has 128 valence electrons. The number of amides is 1. The first-order valence-electron chi connectivity index (χ1n) is 8.84. The molecule has 0 bridgehead atoms. The van der Waals surface area contributed by atoms with Crippen LogP contribution in [0, 0.1) is 0 Å². The van der Waals surface area contributed by atoms with Crippen LogP contribution >= 0.6 is 0 Å². The van der Waals surface area contributed by atoms with Crippen LogP contribution in [0.2, 0.25) is 0 Å². The van der Waals surface area contributed by atoms with Crippen LogP contribution in [-0.2, 0) is 6.54 Å². The van der Waals surface area contributed by atoms with E-state index >= 15 is 0 Å². The Morgan fingerprint density at radius 2 is 2.25 bits per heavy atom. The monoisotopic (exact) mass is 328 g/mol. The van der Waals surface area contributed by atoms with E-state index in [9.17, 15) is 4.79 Å². The topological polar surface area (TPSA) is 68.0 Å². The summed E-state index contributed by atoms with van der Waals surface area (Å²) in [6, 6.07) is 2.46. The summed E-state index contributed by atoms with van der Waals surface area (Å²) in [7, 11) is 0. The standard InChI is InChI=1S/C17H24N6O/c24-17(16-5-9-23(20-16)14-3-1-6-18-11-14)22-8-2-4-15(22)12-21-10-7-19-13-21/h5,7,9-10,13-15,18H,1-4,6,8,11-12H2. The minimum atomic E-state index is 0.0557. The van der Waals surface area contributed by atoms with Crippen molar-refractivity contribution in [3.05, 3.63) is 36.7 Å². The molecule has 2 aliphatic heterocycles. The first kappa shape index (κ1) is 15.4. The Morgan fingerprint density at radius 3 is 3.04 bits per heavy atom. The van der Waals surface area contributed by atoms with Gasteiger partial charge in [0, 0.05) is 38.2 Å². The van der Waals surface area contributed by atoms with Gasteiger partial charge in [0.2, 0.25) is 0 Å². The summed E-state index contributed by atoms with van der Waals surface area (Å²) in [6.45, 7) is 3.63. The van der Waals surface area contributed by atoms with Crippen molar-refractivity contribution in [3.8, 4) is 0 Å². The Balaban J connectivity index is 1.45. The van der Waals surface area contributed by atoms with Crippen molar-refractivity contribution in [3.63, 3.8) is 0 Å². The molecule has 7 nitrogen and oxygen atoms in total. The van der Waals surface area contributed by atoms with Crippen LogP contribution in [0.3, 0.4) is 0 Å². The SMILES string of the molecule is O=C(c1ccn(C2CCCNC2)n1)N1CCCC1Cn1ccnc1. The van der Waals surface area contributed by atoms with Gasteiger partial charge in [0.05, 0.1) is 18.4 Å². The average Bonchev–Trinajstić information content (AvgIpc) is 3.37. The Bertz CT molecular complexity index is 673. The third-order valence-electron chi connectivity index (χ3n) is 5.09. The highest BCUT2D eigenvalue weighted by Gasteiger charge is 2.31. The van der Waals surface area contributed by atoms with Gasteiger partial charge in [-0.1, -0.05) is 0 Å². The molecule has 0 aromatic carbocycles. The van der Waals surface area contributed by atoms with Gasteiger partial charge < -0.3 is 14.8 Å². The fourth-order valence-electron chi connectivity index (χ4n) is 3.79. The number of imidazole rings is 1. The molecule has 2 saturated heterocycles. The number of carbonyl (C=O) groups is 1. The zero-order chi connectivity index (χ0) is 16.4. The highest BCUT2D eigenvalue weighted by Crippen LogP contribution is 2.22. The van der Waals surface area contributed by atoms with E-state index in [1.807, 2.05) is 38.9 Å². The first-order valence-corrected chi connectivity index (χ1v) is 8.84. The molecule has 2 aromatic rings. The van der Waals surface area contributed by atoms with Gasteiger partial charge in [0.1, 0.15) is 5.69 Å². The van der Waals surface area contributed by atoms with Crippen molar-refractivity contribution in [2.75, 3.05) is 19.6 Å². The zero-order valence-corrected chi connectivity index (χ0v) is 13.8. The van der Waals surface area contributed by atoms with Gasteiger partial charge in [0.25, 0.3) is 5.91 Å². The molecule has 2 aliphatic rings. The van der Waals surface area contributed by atoms with E-state index in [1.54, 1.807) is 6.20 Å². The van der Waals surface area contributed by atoms with Crippen LogP contribution in [0.15, 0.2) is 31.0 Å². The van der Waals surface area contributed by atoms with Crippen LogP contribution in [0.1, 0.15) is 42.2 Å². The van der Waals surface area contributed by atoms with Gasteiger partial charge in [-0.15, -0.1) is 0 Å². The fourth-order valence-corrected chi connectivity index (χ4v) is 3.79. The molecule has 2 unspecified atom stereocenters. The molecule has 0 spiro atoms. The lowest BCUT2D eigenvalue weighted by Crippen LogP contribution is -2.38. The van der Waals surface area contributed by atoms with Gasteiger partial charge in [0.15, 0.2) is 0 Å². The summed E-state index contributed by atoms with van der Waals surface area (Å²) in [5, 5.41) is 7.97. The van der Waals surface area contributed by atoms with E-state index in [-0.39, 0.29) is 11.9 Å². The number of carbonyl (C=O) groups excluding carboxylic acids is 1. The normalized spacial score (nSPS) is 24.4. The summed E-state index contributed by atoms with van der Waals surface area (Å²) < 4.78 is 4.00. The Labute approximate surface area is 141 Å². The smallest absolute Gasteiger partial charge is 0.274 e. The second-order valence-electron chi connectivity index (χ2n) is 6.74. The lowest BCUT2D eigenvalue weighted by atomic mass is 10.1. The predicted octanol–water partition coefficient (Wildman–Crippen LogP) is 1.31. The Hall–Kier alpha value is -2.15. The highest BCUT2D eigenvalue weighted by atomic mass is 16.2. The molecule has 1 amide bonds. The Morgan fingerprint density at radius 1 is 1.29 bits per heavy atom. The van der Waals surface area contributed by atoms with Crippen LogP contribution in [0.4, 0.5) is 0 Å². The molecule has 4 heterocycles. The molecule has 0 saturated carbocycles. The molecule has 1 N–H and O–H groups in total. The third-order valence-corrected chi connectivity index (χ3v) is 5.09. The maximum absolute atomic E-state index is 12.9. The zero-order valence-electron chi connectivity index (χ0n) is 13.8. The number of aromatic nitrogens is 4. The van der Waals surface area contributed by atoms with Gasteiger partial charge in [-0.3, -0.25) is 9.48 Å². The lowest BCUT2D eigenvalue weighted by Gasteiger charge is -2.25. The largest absolute Gasteiger partial charge is 0.335 e. The van der Waals surface area contributed by atoms with Gasteiger partial charge in [-0.05, 0) is 38.3 Å². The molecule has 24 heavy (non-hydrogen) atoms. The number of hydrogen-bond acceptors (Lipinski definition) is 4. The molecule has 0 radical (unpaired) electrons. The van der Waals surface area contributed by atoms with E-state index in [1.165, 1.54) is 0 Å². The van der Waals surface area contributed by atoms with E-state index in [2.05, 4.69) is 15.4 Å². The van der Waals surface area contributed by atoms with Crippen molar-refractivity contribution in [1.82, 2.24) is 29.5 Å². The molecule has 2 aromatic heterocycles. The van der Waals surface area contributed by atoms with E-state index < -0.39 is 0 Å². The van der Waals surface area contributed by atoms with Crippen molar-refractivity contribution in [1.29, 1.82) is 0 Å². The molecule has 2 atom stereocenters. The predicted molar refractivity (Wildman–Crippen MR) is 89.7 cm³/mol. The van der Waals surface area contributed by atoms with E-state index in [0.717, 1.165) is 51.9 Å². The van der Waals surface area contributed by atoms with E-state index in [0.29, 0.717) is 11.7 Å². The van der Waals surface area contributed by atoms with Gasteiger partial charge >= 0.3 is 0 Å². The summed E-state index contributed by atoms with van der Waals surface area (Å²) in [6.07, 6.45) is 11.9. The van der Waals surface area contributed by atoms with Gasteiger partial charge in [-0.25, -0.2) is 4.98 Å². The number of piperidine rings is 1. The fraction of sp³-hybridized carbons (Fsp3) is 0.588. The minimum absolute atomic E-state index is 0.0557. The quantitative estimate of drug-likeness (QED) is 0.919. The summed E-state index contributed by atoms with van der Waals surface area (Å²) in [5.41, 5.74) is 0.568. The maximum Gasteiger partial charge on any atom is 0.274 e. The number of rotatable bonds is 4. The number of nitrogens with zero attached hydrogens (tertiary/aromatic N) is 5. The summed E-state index contributed by atoms with van der Waals surface area (Å²) in [4.78, 5) is 19.0. The lowest BCUT2D eigenvalue weighted by molar-refractivity contribution is 0.0716. The number of hydrogen-bond donors (Lipinski definition) is 1. The van der Waals surface area contributed by atoms with Crippen LogP contribution in [0.25, 0.3) is 0 Å². The van der Waals surface area contributed by atoms with Crippen LogP contribution < -0.4 is 5.32 Å². The summed E-state index contributed by atoms with van der Waals surface area (Å²) in [5.74, 6) is 0.0557. The highest BCUT2D eigenvalue weighted by molar-refractivity contribution is 5.92. The van der Waals surface area contributed by atoms with Crippen LogP contribution in [0.5, 0.6) is 0 Å². The second kappa shape index (κ2) is 6.76. The first-order chi connectivity index (χ1) is 11.8. The Kier molecular flexibility index (Phi) is 4.34.